The van der Waals surface area contributed by atoms with Gasteiger partial charge in [0.15, 0.2) is 5.78 Å². The van der Waals surface area contributed by atoms with E-state index in [-0.39, 0.29) is 18.3 Å². The van der Waals surface area contributed by atoms with Crippen LogP contribution >= 0.6 is 0 Å². The largest absolute Gasteiger partial charge is 0.389 e. The number of aliphatic hydroxyl groups excluding tert-OH is 1. The Morgan fingerprint density at radius 3 is 1.96 bits per heavy atom. The molecule has 0 aromatic heterocycles. The Labute approximate surface area is 154 Å². The molecule has 0 aliphatic carbocycles. The van der Waals surface area contributed by atoms with E-state index in [0.29, 0.717) is 13.0 Å². The number of carbonyl (C=O) groups excluding carboxylic acids is 2. The minimum atomic E-state index is -0.386. The summed E-state index contributed by atoms with van der Waals surface area (Å²) in [6.45, 7) is 0.183. The molecule has 0 fully saturated rings. The average Bonchev–Trinajstić information content (AvgIpc) is 2.69. The van der Waals surface area contributed by atoms with E-state index >= 15 is 0 Å². The second kappa shape index (κ2) is 11.0. The van der Waals surface area contributed by atoms with Crippen LogP contribution in [0, 0.1) is 0 Å². The summed E-state index contributed by atoms with van der Waals surface area (Å²) in [7, 11) is 0. The number of nitrogens with one attached hydrogen (secondary N) is 1. The van der Waals surface area contributed by atoms with Gasteiger partial charge in [-0.25, -0.2) is 0 Å². The average molecular weight is 351 g/mol. The van der Waals surface area contributed by atoms with Crippen molar-refractivity contribution in [2.24, 2.45) is 0 Å². The van der Waals surface area contributed by atoms with Crippen LogP contribution in [0.25, 0.3) is 5.57 Å². The number of hydrogen-bond acceptors (Lipinski definition) is 3. The summed E-state index contributed by atoms with van der Waals surface area (Å²) >= 11 is 0. The molecule has 0 spiro atoms. The fourth-order valence-electron chi connectivity index (χ4n) is 2.67. The topological polar surface area (TPSA) is 66.4 Å². The third-order valence-electron chi connectivity index (χ3n) is 4.05. The number of aliphatic hydroxyl groups is 1. The molecule has 2 rings (SSSR count). The summed E-state index contributed by atoms with van der Waals surface area (Å²) in [5.74, 6) is -0.258. The van der Waals surface area contributed by atoms with Gasteiger partial charge in [0.2, 0.25) is 5.91 Å². The zero-order valence-electron chi connectivity index (χ0n) is 14.9. The molecule has 0 radical (unpaired) electrons. The van der Waals surface area contributed by atoms with Gasteiger partial charge in [-0.1, -0.05) is 67.1 Å². The van der Waals surface area contributed by atoms with Crippen LogP contribution in [0.15, 0.2) is 66.7 Å². The summed E-state index contributed by atoms with van der Waals surface area (Å²) < 4.78 is 0. The molecule has 1 amide bonds. The van der Waals surface area contributed by atoms with E-state index < -0.39 is 0 Å². The zero-order valence-corrected chi connectivity index (χ0v) is 14.9. The number of unbranched alkanes of at least 4 members (excludes halogenated alkanes) is 2. The number of benzene rings is 2. The molecule has 0 saturated carbocycles. The van der Waals surface area contributed by atoms with Crippen LogP contribution in [-0.2, 0) is 9.59 Å². The molecule has 0 atom stereocenters. The van der Waals surface area contributed by atoms with Gasteiger partial charge in [0, 0.05) is 19.0 Å². The lowest BCUT2D eigenvalue weighted by molar-refractivity contribution is -0.122. The highest BCUT2D eigenvalue weighted by Gasteiger charge is 2.07. The van der Waals surface area contributed by atoms with Crippen LogP contribution in [0.3, 0.4) is 0 Å². The molecule has 2 N–H and O–H groups in total. The highest BCUT2D eigenvalue weighted by Crippen LogP contribution is 2.22. The van der Waals surface area contributed by atoms with Crippen molar-refractivity contribution in [1.82, 2.24) is 5.32 Å². The maximum atomic E-state index is 12.3. The lowest BCUT2D eigenvalue weighted by atomic mass is 9.97. The van der Waals surface area contributed by atoms with Gasteiger partial charge in [-0.3, -0.25) is 9.59 Å². The zero-order chi connectivity index (χ0) is 18.6. The Balaban J connectivity index is 1.92. The Kier molecular flexibility index (Phi) is 8.30. The SMILES string of the molecule is O=C(CO)CCCCCNC(=O)C=C(c1ccccc1)c1ccccc1. The maximum Gasteiger partial charge on any atom is 0.244 e. The molecule has 0 bridgehead atoms. The number of hydrogen-bond donors (Lipinski definition) is 2. The van der Waals surface area contributed by atoms with E-state index in [1.54, 1.807) is 6.08 Å². The molecule has 26 heavy (non-hydrogen) atoms. The standard InChI is InChI=1S/C22H25NO3/c24-17-20(25)14-8-3-9-15-23-22(26)16-21(18-10-4-1-5-11-18)19-12-6-2-7-13-19/h1-2,4-7,10-13,16,24H,3,8-9,14-15,17H2,(H,23,26). The minimum absolute atomic E-state index is 0.126. The molecule has 0 saturated heterocycles. The Morgan fingerprint density at radius 1 is 0.846 bits per heavy atom. The molecule has 0 unspecified atom stereocenters. The van der Waals surface area contributed by atoms with E-state index in [4.69, 9.17) is 5.11 Å². The van der Waals surface area contributed by atoms with Crippen LogP contribution in [0.2, 0.25) is 0 Å². The number of amides is 1. The van der Waals surface area contributed by atoms with Crippen molar-refractivity contribution < 1.29 is 14.7 Å². The van der Waals surface area contributed by atoms with E-state index in [1.807, 2.05) is 60.7 Å². The second-order valence-corrected chi connectivity index (χ2v) is 6.09. The summed E-state index contributed by atoms with van der Waals surface area (Å²) in [5.41, 5.74) is 2.88. The van der Waals surface area contributed by atoms with E-state index in [2.05, 4.69) is 5.32 Å². The lowest BCUT2D eigenvalue weighted by Gasteiger charge is -2.09. The molecule has 2 aromatic rings. The third kappa shape index (κ3) is 6.65. The molecule has 0 heterocycles. The monoisotopic (exact) mass is 351 g/mol. The summed E-state index contributed by atoms with van der Waals surface area (Å²) in [6.07, 6.45) is 4.44. The molecule has 0 aliphatic heterocycles. The van der Waals surface area contributed by atoms with E-state index in [0.717, 1.165) is 36.0 Å². The number of Topliss-reactive ketones (excluding diaryl/α,β-unsaturated/α-hetero) is 1. The Hall–Kier alpha value is -2.72. The van der Waals surface area contributed by atoms with Gasteiger partial charge in [0.05, 0.1) is 0 Å². The van der Waals surface area contributed by atoms with Gasteiger partial charge < -0.3 is 10.4 Å². The third-order valence-corrected chi connectivity index (χ3v) is 4.05. The molecule has 4 heteroatoms. The van der Waals surface area contributed by atoms with Crippen LogP contribution < -0.4 is 5.32 Å². The first-order valence-corrected chi connectivity index (χ1v) is 8.93. The van der Waals surface area contributed by atoms with Crippen LogP contribution in [0.1, 0.15) is 36.8 Å². The van der Waals surface area contributed by atoms with Crippen LogP contribution in [0.4, 0.5) is 0 Å². The predicted octanol–water partition coefficient (Wildman–Crippen LogP) is 3.36. The fourth-order valence-corrected chi connectivity index (χ4v) is 2.67. The number of ketones is 1. The summed E-state index contributed by atoms with van der Waals surface area (Å²) in [6, 6.07) is 19.7. The number of rotatable bonds is 10. The summed E-state index contributed by atoms with van der Waals surface area (Å²) in [5, 5.41) is 11.6. The van der Waals surface area contributed by atoms with Crippen LogP contribution in [0.5, 0.6) is 0 Å². The van der Waals surface area contributed by atoms with Crippen molar-refractivity contribution in [3.05, 3.63) is 77.9 Å². The lowest BCUT2D eigenvalue weighted by Crippen LogP contribution is -2.22. The van der Waals surface area contributed by atoms with Gasteiger partial charge in [-0.2, -0.15) is 0 Å². The molecular formula is C22H25NO3. The molecule has 2 aromatic carbocycles. The first-order chi connectivity index (χ1) is 12.7. The smallest absolute Gasteiger partial charge is 0.244 e. The predicted molar refractivity (Wildman–Crippen MR) is 104 cm³/mol. The first-order valence-electron chi connectivity index (χ1n) is 8.93. The van der Waals surface area contributed by atoms with Gasteiger partial charge in [0.25, 0.3) is 0 Å². The maximum absolute atomic E-state index is 12.3. The van der Waals surface area contributed by atoms with Crippen molar-refractivity contribution in [2.45, 2.75) is 25.7 Å². The van der Waals surface area contributed by atoms with Gasteiger partial charge >= 0.3 is 0 Å². The highest BCUT2D eigenvalue weighted by atomic mass is 16.3. The number of carbonyl (C=O) groups is 2. The van der Waals surface area contributed by atoms with Gasteiger partial charge in [-0.15, -0.1) is 0 Å². The van der Waals surface area contributed by atoms with Crippen molar-refractivity contribution in [2.75, 3.05) is 13.2 Å². The van der Waals surface area contributed by atoms with Crippen LogP contribution in [-0.4, -0.2) is 29.9 Å². The Morgan fingerprint density at radius 2 is 1.42 bits per heavy atom. The van der Waals surface area contributed by atoms with Crippen molar-refractivity contribution in [1.29, 1.82) is 0 Å². The molecule has 4 nitrogen and oxygen atoms in total. The minimum Gasteiger partial charge on any atom is -0.389 e. The molecule has 136 valence electrons. The van der Waals surface area contributed by atoms with Gasteiger partial charge in [-0.05, 0) is 29.5 Å². The molecule has 0 aliphatic rings. The van der Waals surface area contributed by atoms with E-state index in [9.17, 15) is 9.59 Å². The van der Waals surface area contributed by atoms with Crippen molar-refractivity contribution >= 4 is 17.3 Å². The Bertz CT molecular complexity index is 682. The first kappa shape index (κ1) is 19.6. The highest BCUT2D eigenvalue weighted by molar-refractivity contribution is 5.99. The van der Waals surface area contributed by atoms with E-state index in [1.165, 1.54) is 0 Å². The summed E-state index contributed by atoms with van der Waals surface area (Å²) in [4.78, 5) is 23.3. The van der Waals surface area contributed by atoms with Crippen molar-refractivity contribution in [3.8, 4) is 0 Å². The fraction of sp³-hybridized carbons (Fsp3) is 0.273. The van der Waals surface area contributed by atoms with Crippen molar-refractivity contribution in [3.63, 3.8) is 0 Å². The molecular weight excluding hydrogens is 326 g/mol. The normalized spacial score (nSPS) is 10.2. The second-order valence-electron chi connectivity index (χ2n) is 6.09. The quantitative estimate of drug-likeness (QED) is 0.509. The van der Waals surface area contributed by atoms with Gasteiger partial charge in [0.1, 0.15) is 6.61 Å².